The summed E-state index contributed by atoms with van der Waals surface area (Å²) in [5.41, 5.74) is 2.67. The van der Waals surface area contributed by atoms with Gasteiger partial charge < -0.3 is 20.6 Å². The molecule has 3 aliphatic rings. The van der Waals surface area contributed by atoms with Gasteiger partial charge in [0.25, 0.3) is 0 Å². The maximum Gasteiger partial charge on any atom is 0.248 e. The number of carbonyl (C=O) groups excluding carboxylic acids is 3. The Bertz CT molecular complexity index is 1010. The molecular formula is C27H39N3O4S. The van der Waals surface area contributed by atoms with E-state index in [4.69, 9.17) is 0 Å². The highest BCUT2D eigenvalue weighted by Gasteiger charge is 2.77. The van der Waals surface area contributed by atoms with Gasteiger partial charge in [-0.1, -0.05) is 39.0 Å². The highest BCUT2D eigenvalue weighted by Crippen LogP contribution is 2.71. The molecule has 0 saturated carbocycles. The minimum absolute atomic E-state index is 0.0418. The van der Waals surface area contributed by atoms with Crippen LogP contribution in [0.2, 0.25) is 0 Å². The Morgan fingerprint density at radius 1 is 1.20 bits per heavy atom. The van der Waals surface area contributed by atoms with Crippen LogP contribution in [-0.2, 0) is 14.4 Å². The first-order valence-electron chi connectivity index (χ1n) is 12.8. The molecule has 3 aliphatic heterocycles. The van der Waals surface area contributed by atoms with Crippen molar-refractivity contribution in [3.05, 3.63) is 29.3 Å². The standard InChI is InChI=1S/C27H39N3O4S/c1-7-13-28-23(32)19-20-25(34)30(18(14-31)15(2)3)22(27(20)12-11-26(19,6)35-27)24(33)29-21-16(4)9-8-10-17(21)5/h8-10,15,18-20,22,31H,7,11-14H2,1-6H3,(H,28,32)(H,29,33)/t18-,19+,20-,22?,26-,27?/m0/s1. The van der Waals surface area contributed by atoms with Crippen molar-refractivity contribution in [2.45, 2.75) is 82.4 Å². The molecule has 6 atom stereocenters. The number of para-hydroxylation sites is 1. The topological polar surface area (TPSA) is 98.7 Å². The fourth-order valence-electron chi connectivity index (χ4n) is 6.60. The molecule has 192 valence electrons. The minimum Gasteiger partial charge on any atom is -0.394 e. The Hall–Kier alpha value is -2.06. The highest BCUT2D eigenvalue weighted by atomic mass is 32.2. The number of aliphatic hydroxyl groups excluding tert-OH is 1. The van der Waals surface area contributed by atoms with Crippen molar-refractivity contribution in [3.8, 4) is 0 Å². The molecule has 3 fully saturated rings. The van der Waals surface area contributed by atoms with E-state index in [9.17, 15) is 19.5 Å². The lowest BCUT2D eigenvalue weighted by molar-refractivity contribution is -0.143. The summed E-state index contributed by atoms with van der Waals surface area (Å²) in [4.78, 5) is 43.3. The number of amides is 3. The number of likely N-dealkylation sites (tertiary alicyclic amines) is 1. The predicted molar refractivity (Wildman–Crippen MR) is 139 cm³/mol. The van der Waals surface area contributed by atoms with Crippen molar-refractivity contribution in [2.75, 3.05) is 18.5 Å². The molecule has 3 saturated heterocycles. The Labute approximate surface area is 212 Å². The molecule has 3 heterocycles. The second-order valence-corrected chi connectivity index (χ2v) is 12.9. The summed E-state index contributed by atoms with van der Waals surface area (Å²) in [6, 6.07) is 4.61. The fraction of sp³-hybridized carbons (Fsp3) is 0.667. The molecule has 8 heteroatoms. The highest BCUT2D eigenvalue weighted by molar-refractivity contribution is 8.02. The third-order valence-corrected chi connectivity index (χ3v) is 10.3. The van der Waals surface area contributed by atoms with Crippen molar-refractivity contribution in [1.82, 2.24) is 10.2 Å². The van der Waals surface area contributed by atoms with E-state index in [1.54, 1.807) is 16.7 Å². The van der Waals surface area contributed by atoms with Crippen LogP contribution in [0.5, 0.6) is 0 Å². The molecule has 0 aromatic heterocycles. The Morgan fingerprint density at radius 2 is 1.86 bits per heavy atom. The van der Waals surface area contributed by atoms with Crippen molar-refractivity contribution in [2.24, 2.45) is 17.8 Å². The zero-order chi connectivity index (χ0) is 25.7. The van der Waals surface area contributed by atoms with Crippen molar-refractivity contribution < 1.29 is 19.5 Å². The van der Waals surface area contributed by atoms with Gasteiger partial charge in [-0.05, 0) is 57.1 Å². The quantitative estimate of drug-likeness (QED) is 0.508. The summed E-state index contributed by atoms with van der Waals surface area (Å²) < 4.78 is -1.09. The van der Waals surface area contributed by atoms with Gasteiger partial charge in [0, 0.05) is 17.0 Å². The molecule has 2 unspecified atom stereocenters. The number of aryl methyl sites for hydroxylation is 2. The number of anilines is 1. The lowest BCUT2D eigenvalue weighted by atomic mass is 9.66. The summed E-state index contributed by atoms with van der Waals surface area (Å²) in [6.07, 6.45) is 2.29. The maximum atomic E-state index is 14.1. The van der Waals surface area contributed by atoms with Crippen LogP contribution in [0.25, 0.3) is 0 Å². The molecule has 1 aromatic rings. The Balaban J connectivity index is 1.79. The molecule has 1 spiro atoms. The lowest BCUT2D eigenvalue weighted by Gasteiger charge is -2.38. The number of rotatable bonds is 8. The molecule has 3 amide bonds. The van der Waals surface area contributed by atoms with E-state index in [1.165, 1.54) is 0 Å². The van der Waals surface area contributed by atoms with Gasteiger partial charge in [-0.2, -0.15) is 0 Å². The normalized spacial score (nSPS) is 32.2. The minimum atomic E-state index is -0.755. The third-order valence-electron chi connectivity index (χ3n) is 8.34. The lowest BCUT2D eigenvalue weighted by Crippen LogP contribution is -2.56. The van der Waals surface area contributed by atoms with Crippen LogP contribution < -0.4 is 10.6 Å². The largest absolute Gasteiger partial charge is 0.394 e. The number of nitrogens with zero attached hydrogens (tertiary/aromatic N) is 1. The molecule has 7 nitrogen and oxygen atoms in total. The van der Waals surface area contributed by atoms with Crippen molar-refractivity contribution in [1.29, 1.82) is 0 Å². The van der Waals surface area contributed by atoms with Crippen LogP contribution in [0.1, 0.15) is 58.1 Å². The number of benzene rings is 1. The second-order valence-electron chi connectivity index (χ2n) is 11.0. The van der Waals surface area contributed by atoms with Gasteiger partial charge in [0.1, 0.15) is 6.04 Å². The SMILES string of the molecule is CCCNC(=O)[C@H]1[C@H]2C(=O)N([C@@H](CO)C(C)C)C(C(=O)Nc3c(C)cccc3C)C23CC[C@]1(C)S3. The molecule has 0 aliphatic carbocycles. The molecule has 1 aromatic carbocycles. The molecular weight excluding hydrogens is 462 g/mol. The molecule has 0 radical (unpaired) electrons. The maximum absolute atomic E-state index is 14.1. The van der Waals surface area contributed by atoms with Crippen LogP contribution >= 0.6 is 11.8 Å². The average molecular weight is 502 g/mol. The first-order chi connectivity index (χ1) is 16.5. The van der Waals surface area contributed by atoms with E-state index < -0.39 is 33.4 Å². The van der Waals surface area contributed by atoms with Gasteiger partial charge in [0.2, 0.25) is 17.7 Å². The average Bonchev–Trinajstić information content (AvgIpc) is 3.36. The summed E-state index contributed by atoms with van der Waals surface area (Å²) in [7, 11) is 0. The molecule has 35 heavy (non-hydrogen) atoms. The van der Waals surface area contributed by atoms with Gasteiger partial charge in [0.05, 0.1) is 29.2 Å². The summed E-state index contributed by atoms with van der Waals surface area (Å²) in [6.45, 7) is 12.2. The second kappa shape index (κ2) is 9.43. The van der Waals surface area contributed by atoms with Gasteiger partial charge >= 0.3 is 0 Å². The smallest absolute Gasteiger partial charge is 0.248 e. The number of hydrogen-bond donors (Lipinski definition) is 3. The summed E-state index contributed by atoms with van der Waals surface area (Å²) in [5.74, 6) is -1.62. The number of fused-ring (bicyclic) bond motifs is 1. The van der Waals surface area contributed by atoms with Crippen molar-refractivity contribution in [3.63, 3.8) is 0 Å². The third kappa shape index (κ3) is 3.97. The van der Waals surface area contributed by atoms with Gasteiger partial charge in [0.15, 0.2) is 0 Å². The summed E-state index contributed by atoms with van der Waals surface area (Å²) >= 11 is 1.66. The number of nitrogens with one attached hydrogen (secondary N) is 2. The zero-order valence-electron chi connectivity index (χ0n) is 21.7. The number of thioether (sulfide) groups is 1. The first-order valence-corrected chi connectivity index (χ1v) is 13.6. The van der Waals surface area contributed by atoms with Gasteiger partial charge in [-0.3, -0.25) is 14.4 Å². The van der Waals surface area contributed by atoms with Crippen LogP contribution in [0.15, 0.2) is 18.2 Å². The van der Waals surface area contributed by atoms with E-state index in [0.717, 1.165) is 29.7 Å². The van der Waals surface area contributed by atoms with Crippen LogP contribution in [0.3, 0.4) is 0 Å². The van der Waals surface area contributed by atoms with Gasteiger partial charge in [-0.15, -0.1) is 11.8 Å². The monoisotopic (exact) mass is 501 g/mol. The van der Waals surface area contributed by atoms with E-state index in [1.807, 2.05) is 52.8 Å². The van der Waals surface area contributed by atoms with E-state index >= 15 is 0 Å². The van der Waals surface area contributed by atoms with Crippen molar-refractivity contribution >= 4 is 35.2 Å². The number of carbonyl (C=O) groups is 3. The Kier molecular flexibility index (Phi) is 7.01. The number of aliphatic hydroxyl groups is 1. The molecule has 4 rings (SSSR count). The fourth-order valence-corrected chi connectivity index (χ4v) is 8.95. The van der Waals surface area contributed by atoms with Gasteiger partial charge in [-0.25, -0.2) is 0 Å². The number of hydrogen-bond acceptors (Lipinski definition) is 5. The van der Waals surface area contributed by atoms with E-state index in [2.05, 4.69) is 17.6 Å². The summed E-state index contributed by atoms with van der Waals surface area (Å²) in [5, 5.41) is 16.5. The van der Waals surface area contributed by atoms with E-state index in [-0.39, 0.29) is 30.2 Å². The van der Waals surface area contributed by atoms with Crippen LogP contribution in [0.4, 0.5) is 5.69 Å². The molecule has 3 N–H and O–H groups in total. The van der Waals surface area contributed by atoms with E-state index in [0.29, 0.717) is 13.0 Å². The zero-order valence-corrected chi connectivity index (χ0v) is 22.5. The predicted octanol–water partition coefficient (Wildman–Crippen LogP) is 3.27. The first kappa shape index (κ1) is 26.0. The van der Waals surface area contributed by atoms with Crippen LogP contribution in [-0.4, -0.2) is 62.5 Å². The van der Waals surface area contributed by atoms with Crippen LogP contribution in [0, 0.1) is 31.6 Å². The Morgan fingerprint density at radius 3 is 2.43 bits per heavy atom. The molecule has 2 bridgehead atoms.